The van der Waals surface area contributed by atoms with Crippen molar-refractivity contribution >= 4 is 0 Å². The van der Waals surface area contributed by atoms with Crippen molar-refractivity contribution in [3.63, 3.8) is 0 Å². The molecule has 0 spiro atoms. The van der Waals surface area contributed by atoms with Gasteiger partial charge in [0.25, 0.3) is 0 Å². The summed E-state index contributed by atoms with van der Waals surface area (Å²) >= 11 is 0. The molecule has 0 radical (unpaired) electrons. The van der Waals surface area contributed by atoms with Crippen molar-refractivity contribution < 1.29 is 9.84 Å². The van der Waals surface area contributed by atoms with E-state index in [4.69, 9.17) is 9.84 Å². The molecule has 0 aromatic carbocycles. The van der Waals surface area contributed by atoms with Crippen LogP contribution in [0.25, 0.3) is 0 Å². The number of rotatable bonds is 19. The SMILES string of the molecule is CCCCCCCC/C=C\CCCCCCCCOCC(C)CO. The predicted molar refractivity (Wildman–Crippen MR) is 107 cm³/mol. The molecular weight excluding hydrogens is 296 g/mol. The summed E-state index contributed by atoms with van der Waals surface area (Å²) in [5.74, 6) is 0.277. The van der Waals surface area contributed by atoms with Crippen LogP contribution in [0.4, 0.5) is 0 Å². The van der Waals surface area contributed by atoms with Gasteiger partial charge in [-0.2, -0.15) is 0 Å². The van der Waals surface area contributed by atoms with E-state index in [1.807, 2.05) is 6.92 Å². The normalized spacial score (nSPS) is 13.0. The summed E-state index contributed by atoms with van der Waals surface area (Å²) in [5.41, 5.74) is 0. The first-order valence-electron chi connectivity index (χ1n) is 10.6. The van der Waals surface area contributed by atoms with Gasteiger partial charge in [-0.05, 0) is 32.1 Å². The Morgan fingerprint density at radius 1 is 0.750 bits per heavy atom. The first-order chi connectivity index (χ1) is 11.8. The van der Waals surface area contributed by atoms with Crippen molar-refractivity contribution in [1.82, 2.24) is 0 Å². The van der Waals surface area contributed by atoms with Gasteiger partial charge in [-0.25, -0.2) is 0 Å². The van der Waals surface area contributed by atoms with Gasteiger partial charge < -0.3 is 9.84 Å². The zero-order valence-electron chi connectivity index (χ0n) is 16.6. The van der Waals surface area contributed by atoms with E-state index in [1.54, 1.807) is 0 Å². The highest BCUT2D eigenvalue weighted by atomic mass is 16.5. The molecule has 0 fully saturated rings. The van der Waals surface area contributed by atoms with E-state index in [2.05, 4.69) is 19.1 Å². The van der Waals surface area contributed by atoms with Gasteiger partial charge in [-0.3, -0.25) is 0 Å². The molecule has 0 aromatic rings. The average Bonchev–Trinajstić information content (AvgIpc) is 2.60. The molecule has 0 saturated carbocycles. The number of ether oxygens (including phenoxy) is 1. The molecule has 0 rings (SSSR count). The van der Waals surface area contributed by atoms with Gasteiger partial charge in [0.05, 0.1) is 6.61 Å². The molecule has 0 aliphatic carbocycles. The Morgan fingerprint density at radius 2 is 1.25 bits per heavy atom. The molecule has 0 aliphatic rings. The molecule has 0 saturated heterocycles. The molecule has 0 aliphatic heterocycles. The fourth-order valence-electron chi connectivity index (χ4n) is 2.79. The van der Waals surface area contributed by atoms with E-state index >= 15 is 0 Å². The van der Waals surface area contributed by atoms with Crippen LogP contribution in [0.15, 0.2) is 12.2 Å². The smallest absolute Gasteiger partial charge is 0.0513 e. The van der Waals surface area contributed by atoms with Crippen LogP contribution in [0.5, 0.6) is 0 Å². The number of unbranched alkanes of at least 4 members (excludes halogenated alkanes) is 12. The van der Waals surface area contributed by atoms with Crippen LogP contribution in [-0.2, 0) is 4.74 Å². The van der Waals surface area contributed by atoms with Crippen LogP contribution in [0.2, 0.25) is 0 Å². The summed E-state index contributed by atoms with van der Waals surface area (Å²) < 4.78 is 5.54. The zero-order valence-corrected chi connectivity index (χ0v) is 16.6. The number of allylic oxidation sites excluding steroid dienone is 2. The largest absolute Gasteiger partial charge is 0.396 e. The van der Waals surface area contributed by atoms with Crippen LogP contribution in [0.1, 0.15) is 104 Å². The van der Waals surface area contributed by atoms with Gasteiger partial charge in [0.15, 0.2) is 0 Å². The molecule has 0 heterocycles. The maximum absolute atomic E-state index is 8.89. The van der Waals surface area contributed by atoms with Crippen molar-refractivity contribution in [3.8, 4) is 0 Å². The second-order valence-corrected chi connectivity index (χ2v) is 7.30. The minimum atomic E-state index is 0.230. The fourth-order valence-corrected chi connectivity index (χ4v) is 2.79. The Kier molecular flexibility index (Phi) is 20.4. The quantitative estimate of drug-likeness (QED) is 0.210. The highest BCUT2D eigenvalue weighted by Gasteiger charge is 1.98. The van der Waals surface area contributed by atoms with Crippen LogP contribution < -0.4 is 0 Å². The molecule has 0 aromatic heterocycles. The van der Waals surface area contributed by atoms with Crippen molar-refractivity contribution in [3.05, 3.63) is 12.2 Å². The van der Waals surface area contributed by atoms with E-state index in [0.29, 0.717) is 6.61 Å². The summed E-state index contributed by atoms with van der Waals surface area (Å²) in [7, 11) is 0. The third kappa shape index (κ3) is 19.7. The number of hydrogen-bond donors (Lipinski definition) is 1. The third-order valence-corrected chi connectivity index (χ3v) is 4.51. The highest BCUT2D eigenvalue weighted by molar-refractivity contribution is 4.81. The molecule has 1 N–H and O–H groups in total. The molecule has 24 heavy (non-hydrogen) atoms. The first kappa shape index (κ1) is 23.7. The minimum absolute atomic E-state index is 0.230. The van der Waals surface area contributed by atoms with E-state index < -0.39 is 0 Å². The summed E-state index contributed by atoms with van der Waals surface area (Å²) in [4.78, 5) is 0. The van der Waals surface area contributed by atoms with Crippen LogP contribution in [0.3, 0.4) is 0 Å². The van der Waals surface area contributed by atoms with Gasteiger partial charge in [-0.1, -0.05) is 83.8 Å². The molecule has 1 atom stereocenters. The van der Waals surface area contributed by atoms with Gasteiger partial charge in [0, 0.05) is 19.1 Å². The van der Waals surface area contributed by atoms with E-state index in [0.717, 1.165) is 13.0 Å². The molecule has 0 bridgehead atoms. The Labute approximate surface area is 152 Å². The Bertz CT molecular complexity index is 250. The van der Waals surface area contributed by atoms with Crippen LogP contribution >= 0.6 is 0 Å². The highest BCUT2D eigenvalue weighted by Crippen LogP contribution is 2.10. The van der Waals surface area contributed by atoms with E-state index in [-0.39, 0.29) is 12.5 Å². The number of aliphatic hydroxyl groups is 1. The maximum Gasteiger partial charge on any atom is 0.0513 e. The summed E-state index contributed by atoms with van der Waals surface area (Å²) in [6.45, 7) is 6.07. The van der Waals surface area contributed by atoms with E-state index in [1.165, 1.54) is 83.5 Å². The van der Waals surface area contributed by atoms with Gasteiger partial charge in [-0.15, -0.1) is 0 Å². The van der Waals surface area contributed by atoms with Crippen molar-refractivity contribution in [2.45, 2.75) is 104 Å². The lowest BCUT2D eigenvalue weighted by Gasteiger charge is -2.08. The molecule has 0 amide bonds. The first-order valence-corrected chi connectivity index (χ1v) is 10.6. The van der Waals surface area contributed by atoms with Crippen molar-refractivity contribution in [2.24, 2.45) is 5.92 Å². The summed E-state index contributed by atoms with van der Waals surface area (Å²) in [6.07, 6.45) is 23.6. The molecule has 2 heteroatoms. The standard InChI is InChI=1S/C22H44O2/c1-3-4-5-6-7-8-9-10-11-12-13-14-15-16-17-18-19-24-21-22(2)20-23/h10-11,22-23H,3-9,12-21H2,1-2H3/b11-10-. The zero-order chi connectivity index (χ0) is 17.7. The second kappa shape index (κ2) is 20.7. The van der Waals surface area contributed by atoms with Gasteiger partial charge in [0.2, 0.25) is 0 Å². The average molecular weight is 341 g/mol. The van der Waals surface area contributed by atoms with Crippen molar-refractivity contribution in [2.75, 3.05) is 19.8 Å². The topological polar surface area (TPSA) is 29.5 Å². The van der Waals surface area contributed by atoms with Crippen LogP contribution in [-0.4, -0.2) is 24.9 Å². The lowest BCUT2D eigenvalue weighted by molar-refractivity contribution is 0.0775. The monoisotopic (exact) mass is 340 g/mol. The van der Waals surface area contributed by atoms with Gasteiger partial charge >= 0.3 is 0 Å². The van der Waals surface area contributed by atoms with Crippen molar-refractivity contribution in [1.29, 1.82) is 0 Å². The van der Waals surface area contributed by atoms with Crippen LogP contribution in [0, 0.1) is 5.92 Å². The predicted octanol–water partition coefficient (Wildman–Crippen LogP) is 6.67. The third-order valence-electron chi connectivity index (χ3n) is 4.51. The molecule has 1 unspecified atom stereocenters. The molecular formula is C22H44O2. The maximum atomic E-state index is 8.89. The lowest BCUT2D eigenvalue weighted by Crippen LogP contribution is -2.10. The molecule has 2 nitrogen and oxygen atoms in total. The molecule has 144 valence electrons. The Morgan fingerprint density at radius 3 is 1.79 bits per heavy atom. The Balaban J connectivity index is 3.08. The lowest BCUT2D eigenvalue weighted by atomic mass is 10.1. The summed E-state index contributed by atoms with van der Waals surface area (Å²) in [6, 6.07) is 0. The number of aliphatic hydroxyl groups excluding tert-OH is 1. The van der Waals surface area contributed by atoms with Gasteiger partial charge in [0.1, 0.15) is 0 Å². The second-order valence-electron chi connectivity index (χ2n) is 7.30. The summed E-state index contributed by atoms with van der Waals surface area (Å²) in [5, 5.41) is 8.89. The van der Waals surface area contributed by atoms with E-state index in [9.17, 15) is 0 Å². The Hall–Kier alpha value is -0.340. The fraction of sp³-hybridized carbons (Fsp3) is 0.909. The minimum Gasteiger partial charge on any atom is -0.396 e. The number of hydrogen-bond acceptors (Lipinski definition) is 2.